The first-order valence-electron chi connectivity index (χ1n) is 6.22. The van der Waals surface area contributed by atoms with Crippen molar-refractivity contribution < 1.29 is 18.3 Å². The van der Waals surface area contributed by atoms with Gasteiger partial charge in [-0.1, -0.05) is 12.1 Å². The van der Waals surface area contributed by atoms with Gasteiger partial charge in [-0.05, 0) is 25.5 Å². The first kappa shape index (κ1) is 15.0. The highest BCUT2D eigenvalue weighted by atomic mass is 32.2. The van der Waals surface area contributed by atoms with Gasteiger partial charge >= 0.3 is 5.97 Å². The number of aromatic carboxylic acids is 1. The van der Waals surface area contributed by atoms with E-state index in [0.29, 0.717) is 12.1 Å². The lowest BCUT2D eigenvalue weighted by molar-refractivity contribution is 0.0698. The van der Waals surface area contributed by atoms with Crippen molar-refractivity contribution in [3.63, 3.8) is 0 Å². The van der Waals surface area contributed by atoms with Crippen molar-refractivity contribution in [3.05, 3.63) is 41.9 Å². The summed E-state index contributed by atoms with van der Waals surface area (Å²) < 4.78 is 28.5. The summed E-state index contributed by atoms with van der Waals surface area (Å²) in [5, 5.41) is 9.00. The molecular formula is C13H15N3O4S. The van der Waals surface area contributed by atoms with Gasteiger partial charge in [-0.3, -0.25) is 4.72 Å². The Kier molecular flexibility index (Phi) is 3.99. The highest BCUT2D eigenvalue weighted by Crippen LogP contribution is 2.23. The summed E-state index contributed by atoms with van der Waals surface area (Å²) in [6.45, 7) is 4.08. The van der Waals surface area contributed by atoms with E-state index >= 15 is 0 Å². The average molecular weight is 309 g/mol. The van der Waals surface area contributed by atoms with Gasteiger partial charge in [-0.2, -0.15) is 8.42 Å². The minimum absolute atomic E-state index is 0.0519. The molecule has 0 fully saturated rings. The molecule has 0 radical (unpaired) electrons. The molecule has 0 unspecified atom stereocenters. The molecular weight excluding hydrogens is 294 g/mol. The van der Waals surface area contributed by atoms with Crippen LogP contribution >= 0.6 is 0 Å². The van der Waals surface area contributed by atoms with Gasteiger partial charge < -0.3 is 9.67 Å². The average Bonchev–Trinajstić information content (AvgIpc) is 2.90. The Bertz CT molecular complexity index is 780. The lowest BCUT2D eigenvalue weighted by Gasteiger charge is -2.11. The fourth-order valence-electron chi connectivity index (χ4n) is 1.82. The Balaban J connectivity index is 2.44. The number of aryl methyl sites for hydroxylation is 2. The zero-order chi connectivity index (χ0) is 15.6. The lowest BCUT2D eigenvalue weighted by atomic mass is 10.1. The van der Waals surface area contributed by atoms with Crippen molar-refractivity contribution >= 4 is 21.7 Å². The Morgan fingerprint density at radius 2 is 2.14 bits per heavy atom. The molecule has 1 aromatic heterocycles. The monoisotopic (exact) mass is 309 g/mol. The number of aromatic nitrogens is 2. The second kappa shape index (κ2) is 5.57. The molecule has 0 atom stereocenters. The summed E-state index contributed by atoms with van der Waals surface area (Å²) in [4.78, 5) is 15.0. The van der Waals surface area contributed by atoms with Crippen LogP contribution in [0.1, 0.15) is 22.8 Å². The molecule has 0 aliphatic carbocycles. The number of nitrogens with zero attached hydrogens (tertiary/aromatic N) is 2. The van der Waals surface area contributed by atoms with E-state index in [1.54, 1.807) is 23.6 Å². The van der Waals surface area contributed by atoms with E-state index in [4.69, 9.17) is 5.11 Å². The summed E-state index contributed by atoms with van der Waals surface area (Å²) in [6, 6.07) is 4.54. The molecule has 0 amide bonds. The maximum absolute atomic E-state index is 12.3. The zero-order valence-corrected chi connectivity index (χ0v) is 12.4. The molecule has 0 aliphatic heterocycles. The summed E-state index contributed by atoms with van der Waals surface area (Å²) in [5.74, 6) is -1.20. The molecule has 2 rings (SSSR count). The van der Waals surface area contributed by atoms with E-state index < -0.39 is 16.0 Å². The third kappa shape index (κ3) is 3.05. The standard InChI is InChI=1S/C13H15N3O4S/c1-3-16-7-11(14-8-16)21(19,20)15-12-9(2)5-4-6-10(12)13(17)18/h4-8,15H,3H2,1-2H3,(H,17,18). The number of nitrogens with one attached hydrogen (secondary N) is 1. The number of benzene rings is 1. The normalized spacial score (nSPS) is 11.3. The van der Waals surface area contributed by atoms with Crippen LogP contribution in [0, 0.1) is 6.92 Å². The van der Waals surface area contributed by atoms with Crippen LogP contribution < -0.4 is 4.72 Å². The fourth-order valence-corrected chi connectivity index (χ4v) is 2.92. The van der Waals surface area contributed by atoms with Crippen LogP contribution in [0.25, 0.3) is 0 Å². The summed E-state index contributed by atoms with van der Waals surface area (Å²) >= 11 is 0. The zero-order valence-electron chi connectivity index (χ0n) is 11.6. The maximum Gasteiger partial charge on any atom is 0.337 e. The predicted molar refractivity (Wildman–Crippen MR) is 76.8 cm³/mol. The Hall–Kier alpha value is -2.35. The van der Waals surface area contributed by atoms with Crippen LogP contribution in [0.15, 0.2) is 35.7 Å². The molecule has 1 heterocycles. The second-order valence-electron chi connectivity index (χ2n) is 4.45. The van der Waals surface area contributed by atoms with Crippen molar-refractivity contribution in [2.45, 2.75) is 25.4 Å². The number of hydrogen-bond donors (Lipinski definition) is 2. The summed E-state index contributed by atoms with van der Waals surface area (Å²) in [5.41, 5.74) is 0.470. The number of imidazole rings is 1. The summed E-state index contributed by atoms with van der Waals surface area (Å²) in [7, 11) is -3.93. The van der Waals surface area contributed by atoms with Crippen molar-refractivity contribution in [3.8, 4) is 0 Å². The van der Waals surface area contributed by atoms with Crippen LogP contribution in [0.3, 0.4) is 0 Å². The van der Waals surface area contributed by atoms with Gasteiger partial charge in [0.25, 0.3) is 10.0 Å². The SMILES string of the molecule is CCn1cnc(S(=O)(=O)Nc2c(C)cccc2C(=O)O)c1. The smallest absolute Gasteiger partial charge is 0.337 e. The Morgan fingerprint density at radius 1 is 1.43 bits per heavy atom. The second-order valence-corrected chi connectivity index (χ2v) is 6.08. The Morgan fingerprint density at radius 3 is 2.71 bits per heavy atom. The molecule has 7 nitrogen and oxygen atoms in total. The molecule has 21 heavy (non-hydrogen) atoms. The van der Waals surface area contributed by atoms with Crippen LogP contribution in [0.2, 0.25) is 0 Å². The number of carboxylic acid groups (broad SMARTS) is 1. The van der Waals surface area contributed by atoms with Gasteiger partial charge in [0.2, 0.25) is 0 Å². The van der Waals surface area contributed by atoms with Crippen molar-refractivity contribution in [2.24, 2.45) is 0 Å². The van der Waals surface area contributed by atoms with Crippen LogP contribution in [-0.4, -0.2) is 29.0 Å². The van der Waals surface area contributed by atoms with E-state index in [1.165, 1.54) is 18.6 Å². The van der Waals surface area contributed by atoms with Gasteiger partial charge in [0.15, 0.2) is 5.03 Å². The van der Waals surface area contributed by atoms with Gasteiger partial charge in [-0.25, -0.2) is 9.78 Å². The minimum Gasteiger partial charge on any atom is -0.478 e. The van der Waals surface area contributed by atoms with Crippen molar-refractivity contribution in [1.82, 2.24) is 9.55 Å². The molecule has 112 valence electrons. The first-order valence-corrected chi connectivity index (χ1v) is 7.71. The number of rotatable bonds is 5. The number of carbonyl (C=O) groups is 1. The molecule has 8 heteroatoms. The van der Waals surface area contributed by atoms with E-state index in [2.05, 4.69) is 9.71 Å². The number of hydrogen-bond acceptors (Lipinski definition) is 4. The molecule has 1 aromatic carbocycles. The van der Waals surface area contributed by atoms with E-state index in [0.717, 1.165) is 0 Å². The van der Waals surface area contributed by atoms with Gasteiger partial charge in [0, 0.05) is 12.7 Å². The van der Waals surface area contributed by atoms with Crippen LogP contribution in [-0.2, 0) is 16.6 Å². The Labute approximate surface area is 122 Å². The third-order valence-electron chi connectivity index (χ3n) is 2.99. The molecule has 2 N–H and O–H groups in total. The molecule has 2 aromatic rings. The topological polar surface area (TPSA) is 101 Å². The number of anilines is 1. The van der Waals surface area contributed by atoms with Crippen LogP contribution in [0.5, 0.6) is 0 Å². The molecule has 0 bridgehead atoms. The molecule has 0 saturated carbocycles. The van der Waals surface area contributed by atoms with Gasteiger partial charge in [0.1, 0.15) is 0 Å². The number of para-hydroxylation sites is 1. The van der Waals surface area contributed by atoms with E-state index in [9.17, 15) is 13.2 Å². The first-order chi connectivity index (χ1) is 9.85. The third-order valence-corrected chi connectivity index (χ3v) is 4.22. The van der Waals surface area contributed by atoms with E-state index in [1.807, 2.05) is 6.92 Å². The van der Waals surface area contributed by atoms with Crippen molar-refractivity contribution in [2.75, 3.05) is 4.72 Å². The number of carboxylic acids is 1. The van der Waals surface area contributed by atoms with E-state index in [-0.39, 0.29) is 16.3 Å². The number of sulfonamides is 1. The van der Waals surface area contributed by atoms with Crippen molar-refractivity contribution in [1.29, 1.82) is 0 Å². The maximum atomic E-state index is 12.3. The van der Waals surface area contributed by atoms with Gasteiger partial charge in [-0.15, -0.1) is 0 Å². The minimum atomic E-state index is -3.93. The highest BCUT2D eigenvalue weighted by molar-refractivity contribution is 7.92. The molecule has 0 aliphatic rings. The summed E-state index contributed by atoms with van der Waals surface area (Å²) in [6.07, 6.45) is 2.80. The van der Waals surface area contributed by atoms with Gasteiger partial charge in [0.05, 0.1) is 17.6 Å². The molecule has 0 spiro atoms. The highest BCUT2D eigenvalue weighted by Gasteiger charge is 2.21. The van der Waals surface area contributed by atoms with Crippen LogP contribution in [0.4, 0.5) is 5.69 Å². The lowest BCUT2D eigenvalue weighted by Crippen LogP contribution is -2.17. The molecule has 0 saturated heterocycles. The quantitative estimate of drug-likeness (QED) is 0.875. The predicted octanol–water partition coefficient (Wildman–Crippen LogP) is 1.71. The fraction of sp³-hybridized carbons (Fsp3) is 0.231. The largest absolute Gasteiger partial charge is 0.478 e.